The molecular formula is C19H20O4. The highest BCUT2D eigenvalue weighted by Crippen LogP contribution is 2.28. The van der Waals surface area contributed by atoms with Gasteiger partial charge in [-0.1, -0.05) is 24.3 Å². The molecule has 0 spiro atoms. The van der Waals surface area contributed by atoms with E-state index in [1.54, 1.807) is 21.1 Å². The number of hydrogen-bond donors (Lipinski definition) is 0. The minimum Gasteiger partial charge on any atom is -0.497 e. The van der Waals surface area contributed by atoms with Gasteiger partial charge in [0.25, 0.3) is 0 Å². The number of benzene rings is 2. The molecule has 120 valence electrons. The number of carbonyl (C=O) groups is 1. The maximum atomic E-state index is 11.9. The second-order valence-electron chi connectivity index (χ2n) is 4.77. The minimum absolute atomic E-state index is 0.332. The first-order valence-electron chi connectivity index (χ1n) is 7.35. The molecule has 0 heterocycles. The first kappa shape index (κ1) is 16.6. The van der Waals surface area contributed by atoms with Crippen molar-refractivity contribution in [2.24, 2.45) is 0 Å². The van der Waals surface area contributed by atoms with Crippen molar-refractivity contribution in [2.75, 3.05) is 20.8 Å². The first-order valence-corrected chi connectivity index (χ1v) is 7.35. The molecule has 23 heavy (non-hydrogen) atoms. The van der Waals surface area contributed by atoms with E-state index in [2.05, 4.69) is 0 Å². The molecule has 0 aliphatic heterocycles. The SMILES string of the molecule is CCOC(=O)C=C(c1cccc(OC)c1)c1cccc(OC)c1. The summed E-state index contributed by atoms with van der Waals surface area (Å²) in [6.45, 7) is 2.11. The van der Waals surface area contributed by atoms with Crippen LogP contribution in [-0.2, 0) is 9.53 Å². The third kappa shape index (κ3) is 4.36. The lowest BCUT2D eigenvalue weighted by Crippen LogP contribution is -2.02. The third-order valence-electron chi connectivity index (χ3n) is 3.31. The average Bonchev–Trinajstić information content (AvgIpc) is 2.60. The van der Waals surface area contributed by atoms with E-state index >= 15 is 0 Å². The molecule has 0 aliphatic rings. The lowest BCUT2D eigenvalue weighted by atomic mass is 9.97. The monoisotopic (exact) mass is 312 g/mol. The Hall–Kier alpha value is -2.75. The van der Waals surface area contributed by atoms with Crippen LogP contribution < -0.4 is 9.47 Å². The highest BCUT2D eigenvalue weighted by Gasteiger charge is 2.10. The topological polar surface area (TPSA) is 44.8 Å². The molecule has 2 rings (SSSR count). The molecule has 0 saturated carbocycles. The smallest absolute Gasteiger partial charge is 0.331 e. The molecule has 0 saturated heterocycles. The van der Waals surface area contributed by atoms with Crippen molar-refractivity contribution < 1.29 is 19.0 Å². The van der Waals surface area contributed by atoms with Gasteiger partial charge in [0.1, 0.15) is 11.5 Å². The summed E-state index contributed by atoms with van der Waals surface area (Å²) in [6, 6.07) is 15.1. The van der Waals surface area contributed by atoms with Gasteiger partial charge < -0.3 is 14.2 Å². The zero-order chi connectivity index (χ0) is 16.7. The van der Waals surface area contributed by atoms with Gasteiger partial charge in [0.2, 0.25) is 0 Å². The van der Waals surface area contributed by atoms with Gasteiger partial charge in [0, 0.05) is 6.08 Å². The van der Waals surface area contributed by atoms with Crippen molar-refractivity contribution in [3.63, 3.8) is 0 Å². The van der Waals surface area contributed by atoms with Gasteiger partial charge >= 0.3 is 5.97 Å². The third-order valence-corrected chi connectivity index (χ3v) is 3.31. The van der Waals surface area contributed by atoms with Crippen molar-refractivity contribution in [2.45, 2.75) is 6.92 Å². The van der Waals surface area contributed by atoms with Gasteiger partial charge in [-0.15, -0.1) is 0 Å². The van der Waals surface area contributed by atoms with Crippen LogP contribution in [0.5, 0.6) is 11.5 Å². The first-order chi connectivity index (χ1) is 11.2. The van der Waals surface area contributed by atoms with Crippen LogP contribution in [0.15, 0.2) is 54.6 Å². The fourth-order valence-corrected chi connectivity index (χ4v) is 2.22. The standard InChI is InChI=1S/C19H20O4/c1-4-23-19(20)13-18(14-7-5-9-16(11-14)21-2)15-8-6-10-17(12-15)22-3/h5-13H,4H2,1-3H3. The molecule has 0 radical (unpaired) electrons. The van der Waals surface area contributed by atoms with Crippen LogP contribution in [0.3, 0.4) is 0 Å². The molecule has 4 nitrogen and oxygen atoms in total. The van der Waals surface area contributed by atoms with Crippen LogP contribution in [0.25, 0.3) is 5.57 Å². The van der Waals surface area contributed by atoms with Crippen molar-refractivity contribution in [3.8, 4) is 11.5 Å². The van der Waals surface area contributed by atoms with Gasteiger partial charge in [-0.05, 0) is 47.9 Å². The number of methoxy groups -OCH3 is 2. The summed E-state index contributed by atoms with van der Waals surface area (Å²) in [4.78, 5) is 11.9. The lowest BCUT2D eigenvalue weighted by molar-refractivity contribution is -0.137. The Morgan fingerprint density at radius 1 is 0.957 bits per heavy atom. The van der Waals surface area contributed by atoms with Gasteiger partial charge in [-0.3, -0.25) is 0 Å². The van der Waals surface area contributed by atoms with E-state index < -0.39 is 0 Å². The highest BCUT2D eigenvalue weighted by molar-refractivity contribution is 5.96. The van der Waals surface area contributed by atoms with Gasteiger partial charge in [-0.2, -0.15) is 0 Å². The predicted molar refractivity (Wildman–Crippen MR) is 89.7 cm³/mol. The number of ether oxygens (including phenoxy) is 3. The van der Waals surface area contributed by atoms with Crippen LogP contribution in [0, 0.1) is 0 Å². The van der Waals surface area contributed by atoms with Crippen LogP contribution >= 0.6 is 0 Å². The minimum atomic E-state index is -0.381. The molecule has 0 bridgehead atoms. The maximum absolute atomic E-state index is 11.9. The average molecular weight is 312 g/mol. The van der Waals surface area contributed by atoms with E-state index in [-0.39, 0.29) is 5.97 Å². The zero-order valence-corrected chi connectivity index (χ0v) is 13.5. The van der Waals surface area contributed by atoms with Gasteiger partial charge in [-0.25, -0.2) is 4.79 Å². The number of hydrogen-bond acceptors (Lipinski definition) is 4. The second kappa shape index (κ2) is 8.03. The summed E-state index contributed by atoms with van der Waals surface area (Å²) < 4.78 is 15.6. The summed E-state index contributed by atoms with van der Waals surface area (Å²) in [7, 11) is 3.22. The zero-order valence-electron chi connectivity index (χ0n) is 13.5. The quantitative estimate of drug-likeness (QED) is 0.602. The summed E-state index contributed by atoms with van der Waals surface area (Å²) in [6.07, 6.45) is 1.49. The Morgan fingerprint density at radius 3 is 1.91 bits per heavy atom. The molecule has 0 aliphatic carbocycles. The molecule has 0 fully saturated rings. The van der Waals surface area contributed by atoms with Gasteiger partial charge in [0.05, 0.1) is 20.8 Å². The van der Waals surface area contributed by atoms with E-state index in [4.69, 9.17) is 14.2 Å². The molecular weight excluding hydrogens is 292 g/mol. The van der Waals surface area contributed by atoms with E-state index in [0.717, 1.165) is 28.2 Å². The Balaban J connectivity index is 2.52. The molecule has 0 unspecified atom stereocenters. The van der Waals surface area contributed by atoms with E-state index in [9.17, 15) is 4.79 Å². The normalized spacial score (nSPS) is 9.87. The molecule has 0 N–H and O–H groups in total. The number of esters is 1. The van der Waals surface area contributed by atoms with Crippen LogP contribution in [0.1, 0.15) is 18.1 Å². The molecule has 4 heteroatoms. The van der Waals surface area contributed by atoms with Crippen molar-refractivity contribution >= 4 is 11.5 Å². The number of rotatable bonds is 6. The van der Waals surface area contributed by atoms with Crippen LogP contribution in [0.2, 0.25) is 0 Å². The Morgan fingerprint density at radius 2 is 1.48 bits per heavy atom. The molecule has 2 aromatic carbocycles. The van der Waals surface area contributed by atoms with Crippen molar-refractivity contribution in [1.29, 1.82) is 0 Å². The molecule has 0 amide bonds. The largest absolute Gasteiger partial charge is 0.497 e. The summed E-state index contributed by atoms with van der Waals surface area (Å²) in [5.41, 5.74) is 2.48. The van der Waals surface area contributed by atoms with Crippen LogP contribution in [0.4, 0.5) is 0 Å². The van der Waals surface area contributed by atoms with Gasteiger partial charge in [0.15, 0.2) is 0 Å². The van der Waals surface area contributed by atoms with E-state index in [1.807, 2.05) is 48.5 Å². The predicted octanol–water partition coefficient (Wildman–Crippen LogP) is 3.70. The molecule has 0 aromatic heterocycles. The van der Waals surface area contributed by atoms with Crippen molar-refractivity contribution in [1.82, 2.24) is 0 Å². The summed E-state index contributed by atoms with van der Waals surface area (Å²) in [5.74, 6) is 1.06. The van der Waals surface area contributed by atoms with Crippen LogP contribution in [-0.4, -0.2) is 26.8 Å². The molecule has 0 atom stereocenters. The molecule has 2 aromatic rings. The Labute approximate surface area is 136 Å². The maximum Gasteiger partial charge on any atom is 0.331 e. The fraction of sp³-hybridized carbons (Fsp3) is 0.211. The summed E-state index contributed by atoms with van der Waals surface area (Å²) in [5, 5.41) is 0. The Bertz CT molecular complexity index is 655. The van der Waals surface area contributed by atoms with E-state index in [0.29, 0.717) is 6.61 Å². The number of carbonyl (C=O) groups excluding carboxylic acids is 1. The van der Waals surface area contributed by atoms with E-state index in [1.165, 1.54) is 6.08 Å². The second-order valence-corrected chi connectivity index (χ2v) is 4.77. The fourth-order valence-electron chi connectivity index (χ4n) is 2.22. The Kier molecular flexibility index (Phi) is 5.80. The lowest BCUT2D eigenvalue weighted by Gasteiger charge is -2.11. The van der Waals surface area contributed by atoms with Crippen molar-refractivity contribution in [3.05, 3.63) is 65.7 Å². The highest BCUT2D eigenvalue weighted by atomic mass is 16.5. The summed E-state index contributed by atoms with van der Waals surface area (Å²) >= 11 is 0.